The van der Waals surface area contributed by atoms with Gasteiger partial charge >= 0.3 is 5.69 Å². The van der Waals surface area contributed by atoms with E-state index in [1.165, 1.54) is 30.3 Å². The molecule has 0 atom stereocenters. The van der Waals surface area contributed by atoms with Crippen molar-refractivity contribution in [3.8, 4) is 0 Å². The molecule has 3 aromatic rings. The summed E-state index contributed by atoms with van der Waals surface area (Å²) in [6.45, 7) is 0. The number of rotatable bonds is 5. The van der Waals surface area contributed by atoms with Gasteiger partial charge in [0.15, 0.2) is 0 Å². The number of para-hydroxylation sites is 1. The van der Waals surface area contributed by atoms with Crippen LogP contribution in [0.3, 0.4) is 0 Å². The second-order valence-electron chi connectivity index (χ2n) is 4.77. The maximum Gasteiger partial charge on any atom is 0.323 e. The Morgan fingerprint density at radius 3 is 2.50 bits per heavy atom. The highest BCUT2D eigenvalue weighted by atomic mass is 32.2. The number of hydrogen-bond acceptors (Lipinski definition) is 4. The van der Waals surface area contributed by atoms with Crippen molar-refractivity contribution in [3.05, 3.63) is 52.9 Å². The predicted octanol–water partition coefficient (Wildman–Crippen LogP) is 2.97. The van der Waals surface area contributed by atoms with E-state index in [0.717, 1.165) is 0 Å². The van der Waals surface area contributed by atoms with E-state index < -0.39 is 21.5 Å². The van der Waals surface area contributed by atoms with E-state index in [4.69, 9.17) is 0 Å². The maximum atomic E-state index is 12.6. The third-order valence-electron chi connectivity index (χ3n) is 3.15. The summed E-state index contributed by atoms with van der Waals surface area (Å²) in [5.74, 6) is -2.67. The summed E-state index contributed by atoms with van der Waals surface area (Å²) in [5.41, 5.74) is 0.405. The molecule has 0 amide bonds. The molecule has 0 aliphatic rings. The summed E-state index contributed by atoms with van der Waals surface area (Å²) < 4.78 is 52.4. The summed E-state index contributed by atoms with van der Waals surface area (Å²) >= 11 is 0.254. The highest BCUT2D eigenvalue weighted by molar-refractivity contribution is 7.99. The molecule has 0 bridgehead atoms. The topological polar surface area (TPSA) is 94.8 Å². The number of aromatic nitrogens is 2. The van der Waals surface area contributed by atoms with Crippen LogP contribution in [-0.4, -0.2) is 24.1 Å². The number of hydrogen-bond donors (Lipinski definition) is 3. The third kappa shape index (κ3) is 3.44. The van der Waals surface area contributed by atoms with Crippen molar-refractivity contribution < 1.29 is 17.2 Å². The van der Waals surface area contributed by atoms with Crippen molar-refractivity contribution in [1.82, 2.24) is 9.97 Å². The molecule has 10 heteroatoms. The van der Waals surface area contributed by atoms with Gasteiger partial charge in [0.1, 0.15) is 0 Å². The SMILES string of the molecule is O=c1[nH]c2ccc(S(=O)(=O)Nc3ccccc3SC(F)F)cc2[nH]1. The van der Waals surface area contributed by atoms with E-state index in [1.807, 2.05) is 0 Å². The van der Waals surface area contributed by atoms with Crippen molar-refractivity contribution in [2.75, 3.05) is 4.72 Å². The summed E-state index contributed by atoms with van der Waals surface area (Å²) in [6, 6.07) is 9.94. The van der Waals surface area contributed by atoms with E-state index in [2.05, 4.69) is 14.7 Å². The summed E-state index contributed by atoms with van der Waals surface area (Å²) in [5, 5.41) is 0. The first-order valence-electron chi connectivity index (χ1n) is 6.64. The smallest absolute Gasteiger partial charge is 0.306 e. The minimum Gasteiger partial charge on any atom is -0.306 e. The molecule has 0 radical (unpaired) electrons. The van der Waals surface area contributed by atoms with Gasteiger partial charge in [-0.25, -0.2) is 13.2 Å². The Morgan fingerprint density at radius 1 is 1.04 bits per heavy atom. The van der Waals surface area contributed by atoms with Gasteiger partial charge in [-0.15, -0.1) is 0 Å². The molecule has 2 aromatic carbocycles. The molecule has 0 fully saturated rings. The molecule has 0 saturated carbocycles. The lowest BCUT2D eigenvalue weighted by molar-refractivity contribution is 0.252. The molecular weight excluding hydrogens is 360 g/mol. The van der Waals surface area contributed by atoms with Crippen LogP contribution in [0.1, 0.15) is 0 Å². The molecule has 3 rings (SSSR count). The quantitative estimate of drug-likeness (QED) is 0.601. The lowest BCUT2D eigenvalue weighted by Crippen LogP contribution is -2.13. The minimum atomic E-state index is -4.00. The highest BCUT2D eigenvalue weighted by Gasteiger charge is 2.18. The molecule has 6 nitrogen and oxygen atoms in total. The van der Waals surface area contributed by atoms with Gasteiger partial charge < -0.3 is 9.97 Å². The molecule has 3 N–H and O–H groups in total. The Hall–Kier alpha value is -2.33. The van der Waals surface area contributed by atoms with Crippen LogP contribution >= 0.6 is 11.8 Å². The van der Waals surface area contributed by atoms with Gasteiger partial charge in [-0.2, -0.15) is 8.78 Å². The van der Waals surface area contributed by atoms with Gasteiger partial charge in [0.05, 0.1) is 21.6 Å². The number of halogens is 2. The number of aromatic amines is 2. The Kier molecular flexibility index (Phi) is 4.33. The molecule has 0 aliphatic heterocycles. The van der Waals surface area contributed by atoms with E-state index >= 15 is 0 Å². The van der Waals surface area contributed by atoms with Gasteiger partial charge in [0.2, 0.25) is 0 Å². The Morgan fingerprint density at radius 2 is 1.75 bits per heavy atom. The Labute approximate surface area is 139 Å². The van der Waals surface area contributed by atoms with Crippen molar-refractivity contribution in [3.63, 3.8) is 0 Å². The highest BCUT2D eigenvalue weighted by Crippen LogP contribution is 2.33. The van der Waals surface area contributed by atoms with Crippen molar-refractivity contribution in [2.24, 2.45) is 0 Å². The van der Waals surface area contributed by atoms with Crippen LogP contribution in [0.5, 0.6) is 0 Å². The van der Waals surface area contributed by atoms with Crippen LogP contribution in [0.15, 0.2) is 57.1 Å². The first-order chi connectivity index (χ1) is 11.3. The average Bonchev–Trinajstić information content (AvgIpc) is 2.87. The predicted molar refractivity (Wildman–Crippen MR) is 88.0 cm³/mol. The lowest BCUT2D eigenvalue weighted by atomic mass is 10.3. The van der Waals surface area contributed by atoms with Crippen LogP contribution in [0.25, 0.3) is 11.0 Å². The zero-order valence-electron chi connectivity index (χ0n) is 11.9. The lowest BCUT2D eigenvalue weighted by Gasteiger charge is -2.12. The Balaban J connectivity index is 1.97. The number of nitrogens with one attached hydrogen (secondary N) is 3. The molecule has 126 valence electrons. The zero-order chi connectivity index (χ0) is 17.3. The Bertz CT molecular complexity index is 1040. The fourth-order valence-electron chi connectivity index (χ4n) is 2.13. The summed E-state index contributed by atoms with van der Waals surface area (Å²) in [6.07, 6.45) is 0. The van der Waals surface area contributed by atoms with Gasteiger partial charge in [0.25, 0.3) is 15.8 Å². The van der Waals surface area contributed by atoms with Crippen LogP contribution in [0.2, 0.25) is 0 Å². The number of sulfonamides is 1. The second kappa shape index (κ2) is 6.29. The molecule has 0 aliphatic carbocycles. The molecule has 1 heterocycles. The first-order valence-corrected chi connectivity index (χ1v) is 9.00. The number of alkyl halides is 2. The maximum absolute atomic E-state index is 12.6. The fourth-order valence-corrected chi connectivity index (χ4v) is 3.90. The van der Waals surface area contributed by atoms with Crippen LogP contribution in [-0.2, 0) is 10.0 Å². The standard InChI is InChI=1S/C14H11F2N3O3S2/c15-13(16)23-12-4-2-1-3-10(12)19-24(21,22)8-5-6-9-11(7-8)18-14(20)17-9/h1-7,13,19H,(H2,17,18,20). The largest absolute Gasteiger partial charge is 0.323 e. The summed E-state index contributed by atoms with van der Waals surface area (Å²) in [4.78, 5) is 16.2. The van der Waals surface area contributed by atoms with E-state index in [1.54, 1.807) is 12.1 Å². The molecule has 0 spiro atoms. The van der Waals surface area contributed by atoms with Crippen molar-refractivity contribution >= 4 is 38.5 Å². The third-order valence-corrected chi connectivity index (χ3v) is 5.30. The van der Waals surface area contributed by atoms with Crippen molar-refractivity contribution in [1.29, 1.82) is 0 Å². The van der Waals surface area contributed by atoms with Crippen LogP contribution < -0.4 is 10.4 Å². The zero-order valence-corrected chi connectivity index (χ0v) is 13.5. The normalized spacial score (nSPS) is 12.0. The number of anilines is 1. The van der Waals surface area contributed by atoms with Crippen molar-refractivity contribution in [2.45, 2.75) is 15.5 Å². The summed E-state index contributed by atoms with van der Waals surface area (Å²) in [7, 11) is -4.00. The van der Waals surface area contributed by atoms with E-state index in [9.17, 15) is 22.0 Å². The monoisotopic (exact) mass is 371 g/mol. The number of H-pyrrole nitrogens is 2. The molecule has 1 aromatic heterocycles. The number of benzene rings is 2. The van der Waals surface area contributed by atoms with Gasteiger partial charge in [-0.05, 0) is 30.3 Å². The van der Waals surface area contributed by atoms with E-state index in [0.29, 0.717) is 11.0 Å². The van der Waals surface area contributed by atoms with Gasteiger partial charge in [0, 0.05) is 4.90 Å². The van der Waals surface area contributed by atoms with Gasteiger partial charge in [-0.1, -0.05) is 23.9 Å². The molecule has 0 saturated heterocycles. The minimum absolute atomic E-state index is 0.0606. The first kappa shape index (κ1) is 16.5. The second-order valence-corrected chi connectivity index (χ2v) is 7.48. The van der Waals surface area contributed by atoms with E-state index in [-0.39, 0.29) is 27.2 Å². The molecule has 24 heavy (non-hydrogen) atoms. The van der Waals surface area contributed by atoms with Gasteiger partial charge in [-0.3, -0.25) is 4.72 Å². The molecule has 0 unspecified atom stereocenters. The number of thioether (sulfide) groups is 1. The number of imidazole rings is 1. The fraction of sp³-hybridized carbons (Fsp3) is 0.0714. The molecular formula is C14H11F2N3O3S2. The average molecular weight is 371 g/mol. The van der Waals surface area contributed by atoms with Crippen LogP contribution in [0, 0.1) is 0 Å². The number of fused-ring (bicyclic) bond motifs is 1. The van der Waals surface area contributed by atoms with Crippen LogP contribution in [0.4, 0.5) is 14.5 Å².